The summed E-state index contributed by atoms with van der Waals surface area (Å²) in [5.74, 6) is 0. The van der Waals surface area contributed by atoms with Crippen LogP contribution < -0.4 is 59.1 Å². The van der Waals surface area contributed by atoms with Gasteiger partial charge in [0, 0.05) is 103 Å². The number of imide groups is 1. The molecule has 0 saturated heterocycles. The number of unbranched alkanes of at least 4 members (excludes halogenated alkanes) is 9. The number of rotatable bonds is 24. The lowest BCUT2D eigenvalue weighted by Gasteiger charge is -2.22. The summed E-state index contributed by atoms with van der Waals surface area (Å²) in [6.07, 6.45) is 8.47. The van der Waals surface area contributed by atoms with E-state index >= 15 is 0 Å². The number of nitrogens with zero attached hydrogens (tertiary/aromatic N) is 7. The SMILES string of the molecule is CN(C)NC(=O)NN(C)C(=O)NCCCCCCNC(=O)N(CCCCCCNC(=O)N(C)NC(=O)NN(C)C)C(=O)NCCCCCCNC(=O)N(C)NC(=O)NN(C)C. The molecule has 0 unspecified atom stereocenters. The third-order valence-corrected chi connectivity index (χ3v) is 8.08. The van der Waals surface area contributed by atoms with Crippen molar-refractivity contribution in [3.8, 4) is 0 Å². The zero-order valence-electron chi connectivity index (χ0n) is 37.6. The van der Waals surface area contributed by atoms with Gasteiger partial charge in [0.25, 0.3) is 0 Å². The van der Waals surface area contributed by atoms with Crippen molar-refractivity contribution in [3.05, 3.63) is 0 Å². The lowest BCUT2D eigenvalue weighted by Crippen LogP contribution is -2.53. The Balaban J connectivity index is 4.73. The van der Waals surface area contributed by atoms with Gasteiger partial charge in [-0.1, -0.05) is 38.5 Å². The molecule has 0 aromatic heterocycles. The van der Waals surface area contributed by atoms with Crippen LogP contribution in [0.15, 0.2) is 0 Å². The fourth-order valence-electron chi connectivity index (χ4n) is 5.07. The number of hydrazine groups is 6. The highest BCUT2D eigenvalue weighted by Gasteiger charge is 2.21. The van der Waals surface area contributed by atoms with Crippen LogP contribution in [0.1, 0.15) is 77.0 Å². The Morgan fingerprint density at radius 2 is 0.525 bits per heavy atom. The minimum absolute atomic E-state index is 0.192. The quantitative estimate of drug-likeness (QED) is 0.0466. The summed E-state index contributed by atoms with van der Waals surface area (Å²) < 4.78 is 0. The van der Waals surface area contributed by atoms with Crippen LogP contribution >= 0.6 is 0 Å². The molecule has 0 fully saturated rings. The van der Waals surface area contributed by atoms with E-state index in [1.165, 1.54) is 41.1 Å². The first-order chi connectivity index (χ1) is 28.8. The Labute approximate surface area is 360 Å². The van der Waals surface area contributed by atoms with Crippen LogP contribution in [0.4, 0.5) is 38.4 Å². The predicted octanol–water partition coefficient (Wildman–Crippen LogP) is 0.385. The van der Waals surface area contributed by atoms with E-state index in [0.29, 0.717) is 77.7 Å². The first-order valence-electron chi connectivity index (χ1n) is 20.5. The average Bonchev–Trinajstić information content (AvgIpc) is 3.16. The van der Waals surface area contributed by atoms with Crippen molar-refractivity contribution in [1.82, 2.24) is 94.1 Å². The van der Waals surface area contributed by atoms with E-state index in [9.17, 15) is 38.4 Å². The maximum atomic E-state index is 13.2. The summed E-state index contributed by atoms with van der Waals surface area (Å²) in [7, 11) is 14.1. The highest BCUT2D eigenvalue weighted by Crippen LogP contribution is 2.05. The number of nitrogens with one attached hydrogen (secondary N) is 11. The zero-order valence-corrected chi connectivity index (χ0v) is 37.6. The molecule has 0 aliphatic rings. The smallest absolute Gasteiger partial charge is 0.338 e. The van der Waals surface area contributed by atoms with Crippen LogP contribution in [-0.2, 0) is 0 Å². The third-order valence-electron chi connectivity index (χ3n) is 8.08. The van der Waals surface area contributed by atoms with Crippen LogP contribution in [0.3, 0.4) is 0 Å². The lowest BCUT2D eigenvalue weighted by molar-refractivity contribution is 0.168. The van der Waals surface area contributed by atoms with Crippen molar-refractivity contribution in [3.63, 3.8) is 0 Å². The minimum atomic E-state index is -0.559. The normalized spacial score (nSPS) is 10.6. The van der Waals surface area contributed by atoms with Crippen molar-refractivity contribution in [2.24, 2.45) is 0 Å². The largest absolute Gasteiger partial charge is 0.348 e. The summed E-state index contributed by atoms with van der Waals surface area (Å²) in [6, 6.07) is -4.06. The summed E-state index contributed by atoms with van der Waals surface area (Å²) in [4.78, 5) is 99.3. The Morgan fingerprint density at radius 3 is 0.770 bits per heavy atom. The van der Waals surface area contributed by atoms with Gasteiger partial charge in [0.1, 0.15) is 0 Å². The van der Waals surface area contributed by atoms with Crippen molar-refractivity contribution in [2.75, 3.05) is 103 Å². The molecule has 0 bridgehead atoms. The van der Waals surface area contributed by atoms with Crippen molar-refractivity contribution in [1.29, 1.82) is 0 Å². The van der Waals surface area contributed by atoms with E-state index < -0.39 is 48.2 Å². The maximum Gasteiger partial charge on any atom is 0.348 e. The Hall–Kier alpha value is -5.76. The molecule has 26 nitrogen and oxygen atoms in total. The molecular formula is C35H74N18O8. The van der Waals surface area contributed by atoms with Crippen LogP contribution in [0.5, 0.6) is 0 Å². The highest BCUT2D eigenvalue weighted by atomic mass is 16.2. The van der Waals surface area contributed by atoms with Crippen molar-refractivity contribution < 1.29 is 38.4 Å². The molecule has 0 heterocycles. The van der Waals surface area contributed by atoms with Gasteiger partial charge in [-0.25, -0.2) is 89.6 Å². The molecule has 352 valence electrons. The summed E-state index contributed by atoms with van der Waals surface area (Å²) in [5, 5.41) is 21.3. The number of carbonyl (C=O) groups excluding carboxylic acids is 8. The first-order valence-corrected chi connectivity index (χ1v) is 20.5. The number of amides is 16. The fraction of sp³-hybridized carbons (Fsp3) is 0.771. The van der Waals surface area contributed by atoms with Crippen molar-refractivity contribution >= 4 is 48.2 Å². The van der Waals surface area contributed by atoms with Crippen LogP contribution in [-0.4, -0.2) is 186 Å². The van der Waals surface area contributed by atoms with Gasteiger partial charge in [-0.3, -0.25) is 16.3 Å². The molecule has 0 aliphatic carbocycles. The molecule has 0 rings (SSSR count). The summed E-state index contributed by atoms with van der Waals surface area (Å²) in [6.45, 7) is 2.08. The Bertz CT molecular complexity index is 1270. The van der Waals surface area contributed by atoms with Gasteiger partial charge in [0.15, 0.2) is 0 Å². The number of hydrogen-bond acceptors (Lipinski definition) is 11. The maximum absolute atomic E-state index is 13.2. The van der Waals surface area contributed by atoms with E-state index in [1.807, 2.05) is 0 Å². The molecule has 26 heteroatoms. The Kier molecular flexibility index (Phi) is 29.9. The van der Waals surface area contributed by atoms with Gasteiger partial charge < -0.3 is 26.6 Å². The average molecular weight is 875 g/mol. The number of carbonyl (C=O) groups is 8. The lowest BCUT2D eigenvalue weighted by atomic mass is 10.2. The second-order valence-electron chi connectivity index (χ2n) is 14.6. The predicted molar refractivity (Wildman–Crippen MR) is 228 cm³/mol. The van der Waals surface area contributed by atoms with E-state index in [0.717, 1.165) is 47.1 Å². The van der Waals surface area contributed by atoms with Gasteiger partial charge in [-0.2, -0.15) is 0 Å². The minimum Gasteiger partial charge on any atom is -0.338 e. The molecular weight excluding hydrogens is 801 g/mol. The van der Waals surface area contributed by atoms with Crippen LogP contribution in [0.2, 0.25) is 0 Å². The monoisotopic (exact) mass is 875 g/mol. The molecule has 0 radical (unpaired) electrons. The van der Waals surface area contributed by atoms with Crippen LogP contribution in [0, 0.1) is 0 Å². The van der Waals surface area contributed by atoms with E-state index in [-0.39, 0.29) is 6.54 Å². The molecule has 0 atom stereocenters. The van der Waals surface area contributed by atoms with E-state index in [1.54, 1.807) is 42.3 Å². The molecule has 61 heavy (non-hydrogen) atoms. The fourth-order valence-corrected chi connectivity index (χ4v) is 5.07. The first kappa shape index (κ1) is 55.2. The number of urea groups is 8. The van der Waals surface area contributed by atoms with Gasteiger partial charge >= 0.3 is 48.2 Å². The third kappa shape index (κ3) is 30.0. The van der Waals surface area contributed by atoms with Gasteiger partial charge in [-0.15, -0.1) is 0 Å². The molecule has 0 aromatic rings. The molecule has 0 aromatic carbocycles. The second kappa shape index (κ2) is 33.0. The van der Waals surface area contributed by atoms with Gasteiger partial charge in [0.05, 0.1) is 0 Å². The standard InChI is InChI=1S/C35H74N18O8/c1-47(2)41-28(54)44-50(7)31(57)36-22-16-10-12-18-25-39-34(60)53(27-21-15-14-20-24-38-33(59)52(9)46-30(56)43-49(5)6)35(61)40-26-19-13-11-17-23-37-32(58)51(8)45-29(55)42-48(3)4/h10-27H2,1-9H3,(H,36,57)(H,37,58)(H,38,59)(H,39,60)(H,40,61)(H2,41,44,54)(H2,42,45,55)(H2,43,46,56). The summed E-state index contributed by atoms with van der Waals surface area (Å²) >= 11 is 0. The topological polar surface area (TPSA) is 292 Å². The summed E-state index contributed by atoms with van der Waals surface area (Å²) in [5.41, 5.74) is 14.6. The molecule has 0 saturated carbocycles. The van der Waals surface area contributed by atoms with Gasteiger partial charge in [-0.05, 0) is 38.5 Å². The second-order valence-corrected chi connectivity index (χ2v) is 14.6. The van der Waals surface area contributed by atoms with Crippen molar-refractivity contribution in [2.45, 2.75) is 77.0 Å². The zero-order chi connectivity index (χ0) is 46.2. The molecule has 11 N–H and O–H groups in total. The Morgan fingerprint density at radius 1 is 0.295 bits per heavy atom. The molecule has 16 amide bonds. The number of hydrogen-bond donors (Lipinski definition) is 11. The van der Waals surface area contributed by atoms with E-state index in [2.05, 4.69) is 59.1 Å². The molecule has 0 aliphatic heterocycles. The van der Waals surface area contributed by atoms with E-state index in [4.69, 9.17) is 0 Å². The molecule has 0 spiro atoms. The van der Waals surface area contributed by atoms with Gasteiger partial charge in [0.2, 0.25) is 0 Å². The van der Waals surface area contributed by atoms with Crippen LogP contribution in [0.25, 0.3) is 0 Å². The highest BCUT2D eigenvalue weighted by molar-refractivity contribution is 5.93.